The van der Waals surface area contributed by atoms with Crippen LogP contribution in [0.25, 0.3) is 0 Å². The predicted molar refractivity (Wildman–Crippen MR) is 64.1 cm³/mol. The van der Waals surface area contributed by atoms with Crippen molar-refractivity contribution in [1.29, 1.82) is 0 Å². The van der Waals surface area contributed by atoms with Crippen LogP contribution in [0.15, 0.2) is 0 Å². The third kappa shape index (κ3) is 4.14. The lowest BCUT2D eigenvalue weighted by Crippen LogP contribution is -2.33. The Hall–Kier alpha value is -0.550. The van der Waals surface area contributed by atoms with Crippen LogP contribution in [0.4, 0.5) is 0 Å². The number of aliphatic hydroxyl groups excluding tert-OH is 1. The topological polar surface area (TPSA) is 57.6 Å². The first-order chi connectivity index (χ1) is 7.52. The van der Waals surface area contributed by atoms with Crippen LogP contribution in [0.2, 0.25) is 0 Å². The summed E-state index contributed by atoms with van der Waals surface area (Å²) in [4.78, 5) is 24.1. The monoisotopic (exact) mass is 245 g/mol. The third-order valence-electron chi connectivity index (χ3n) is 2.72. The quantitative estimate of drug-likeness (QED) is 0.781. The summed E-state index contributed by atoms with van der Waals surface area (Å²) in [6.07, 6.45) is 0.746. The molecule has 0 aliphatic carbocycles. The summed E-state index contributed by atoms with van der Waals surface area (Å²) in [6, 6.07) is 0. The van der Waals surface area contributed by atoms with E-state index < -0.39 is 6.10 Å². The molecule has 0 saturated carbocycles. The summed E-state index contributed by atoms with van der Waals surface area (Å²) in [5.74, 6) is 1.06. The highest BCUT2D eigenvalue weighted by atomic mass is 32.2. The SMILES string of the molecule is CCC(O)CN1CC(CSC(C)=O)CC1=O. The lowest BCUT2D eigenvalue weighted by Gasteiger charge is -2.19. The lowest BCUT2D eigenvalue weighted by atomic mass is 10.1. The number of aliphatic hydroxyl groups is 1. The van der Waals surface area contributed by atoms with Crippen molar-refractivity contribution >= 4 is 22.8 Å². The van der Waals surface area contributed by atoms with Crippen LogP contribution >= 0.6 is 11.8 Å². The summed E-state index contributed by atoms with van der Waals surface area (Å²) >= 11 is 1.28. The number of hydrogen-bond acceptors (Lipinski definition) is 4. The second kappa shape index (κ2) is 6.25. The molecule has 0 aromatic heterocycles. The minimum atomic E-state index is -0.428. The van der Waals surface area contributed by atoms with Crippen molar-refractivity contribution in [2.45, 2.75) is 32.8 Å². The van der Waals surface area contributed by atoms with Gasteiger partial charge in [0.15, 0.2) is 5.12 Å². The smallest absolute Gasteiger partial charge is 0.223 e. The fourth-order valence-electron chi connectivity index (χ4n) is 1.76. The fraction of sp³-hybridized carbons (Fsp3) is 0.818. The first-order valence-electron chi connectivity index (χ1n) is 5.62. The molecule has 2 atom stereocenters. The molecule has 1 rings (SSSR count). The highest BCUT2D eigenvalue weighted by molar-refractivity contribution is 8.13. The van der Waals surface area contributed by atoms with Gasteiger partial charge in [-0.15, -0.1) is 0 Å². The van der Waals surface area contributed by atoms with Crippen molar-refractivity contribution in [3.63, 3.8) is 0 Å². The Morgan fingerprint density at radius 2 is 2.38 bits per heavy atom. The molecule has 5 heteroatoms. The zero-order valence-corrected chi connectivity index (χ0v) is 10.6. The Bertz CT molecular complexity index is 270. The molecule has 1 aliphatic heterocycles. The van der Waals surface area contributed by atoms with E-state index in [1.165, 1.54) is 11.8 Å². The number of hydrogen-bond donors (Lipinski definition) is 1. The van der Waals surface area contributed by atoms with Gasteiger partial charge in [0.1, 0.15) is 0 Å². The third-order valence-corrected chi connectivity index (χ3v) is 3.76. The van der Waals surface area contributed by atoms with Crippen LogP contribution < -0.4 is 0 Å². The molecule has 2 unspecified atom stereocenters. The standard InChI is InChI=1S/C11H19NO3S/c1-3-10(14)6-12-5-9(4-11(12)15)7-16-8(2)13/h9-10,14H,3-7H2,1-2H3. The Labute approximate surface area is 100 Å². The van der Waals surface area contributed by atoms with Crippen molar-refractivity contribution in [1.82, 2.24) is 4.90 Å². The predicted octanol–water partition coefficient (Wildman–Crippen LogP) is 0.885. The van der Waals surface area contributed by atoms with Crippen molar-refractivity contribution < 1.29 is 14.7 Å². The summed E-state index contributed by atoms with van der Waals surface area (Å²) in [5, 5.41) is 9.58. The van der Waals surface area contributed by atoms with Crippen LogP contribution in [0, 0.1) is 5.92 Å². The largest absolute Gasteiger partial charge is 0.391 e. The van der Waals surface area contributed by atoms with E-state index in [2.05, 4.69) is 0 Å². The highest BCUT2D eigenvalue weighted by Crippen LogP contribution is 2.22. The molecule has 1 aliphatic rings. The van der Waals surface area contributed by atoms with Gasteiger partial charge < -0.3 is 10.0 Å². The maximum absolute atomic E-state index is 11.6. The second-order valence-corrected chi connectivity index (χ2v) is 5.43. The zero-order chi connectivity index (χ0) is 12.1. The van der Waals surface area contributed by atoms with Crippen molar-refractivity contribution in [2.75, 3.05) is 18.8 Å². The Kier molecular flexibility index (Phi) is 5.28. The molecule has 1 amide bonds. The molecule has 1 fully saturated rings. The Morgan fingerprint density at radius 3 is 2.94 bits per heavy atom. The van der Waals surface area contributed by atoms with E-state index in [4.69, 9.17) is 0 Å². The number of thioether (sulfide) groups is 1. The van der Waals surface area contributed by atoms with Crippen LogP contribution in [-0.4, -0.2) is 46.0 Å². The van der Waals surface area contributed by atoms with Gasteiger partial charge in [0.25, 0.3) is 0 Å². The molecule has 1 heterocycles. The van der Waals surface area contributed by atoms with Gasteiger partial charge >= 0.3 is 0 Å². The summed E-state index contributed by atoms with van der Waals surface area (Å²) in [5.41, 5.74) is 0. The van der Waals surface area contributed by atoms with E-state index in [9.17, 15) is 14.7 Å². The van der Waals surface area contributed by atoms with Crippen LogP contribution in [0.3, 0.4) is 0 Å². The molecule has 4 nitrogen and oxygen atoms in total. The molecule has 0 radical (unpaired) electrons. The number of amides is 1. The van der Waals surface area contributed by atoms with Gasteiger partial charge in [-0.1, -0.05) is 18.7 Å². The number of carbonyl (C=O) groups is 2. The molecular formula is C11H19NO3S. The van der Waals surface area contributed by atoms with E-state index in [0.717, 1.165) is 0 Å². The number of likely N-dealkylation sites (tertiary alicyclic amines) is 1. The molecule has 1 N–H and O–H groups in total. The maximum atomic E-state index is 11.6. The van der Waals surface area contributed by atoms with Gasteiger partial charge in [0.05, 0.1) is 6.10 Å². The molecule has 16 heavy (non-hydrogen) atoms. The lowest BCUT2D eigenvalue weighted by molar-refractivity contribution is -0.129. The van der Waals surface area contributed by atoms with Crippen molar-refractivity contribution in [3.8, 4) is 0 Å². The van der Waals surface area contributed by atoms with Gasteiger partial charge in [0.2, 0.25) is 5.91 Å². The molecule has 1 saturated heterocycles. The minimum absolute atomic E-state index is 0.0968. The van der Waals surface area contributed by atoms with Gasteiger partial charge in [-0.3, -0.25) is 9.59 Å². The molecule has 0 spiro atoms. The molecule has 0 aromatic rings. The van der Waals surface area contributed by atoms with E-state index in [0.29, 0.717) is 31.7 Å². The molecule has 92 valence electrons. The van der Waals surface area contributed by atoms with Gasteiger partial charge in [-0.25, -0.2) is 0 Å². The molecule has 0 aromatic carbocycles. The van der Waals surface area contributed by atoms with Crippen molar-refractivity contribution in [2.24, 2.45) is 5.92 Å². The average molecular weight is 245 g/mol. The summed E-state index contributed by atoms with van der Waals surface area (Å²) in [7, 11) is 0. The first kappa shape index (κ1) is 13.5. The number of nitrogens with zero attached hydrogens (tertiary/aromatic N) is 1. The average Bonchev–Trinajstić information content (AvgIpc) is 2.56. The van der Waals surface area contributed by atoms with E-state index >= 15 is 0 Å². The van der Waals surface area contributed by atoms with E-state index in [1.807, 2.05) is 6.92 Å². The van der Waals surface area contributed by atoms with Crippen LogP contribution in [0.1, 0.15) is 26.7 Å². The minimum Gasteiger partial charge on any atom is -0.391 e. The molecular weight excluding hydrogens is 226 g/mol. The maximum Gasteiger partial charge on any atom is 0.223 e. The molecule has 0 bridgehead atoms. The second-order valence-electron chi connectivity index (χ2n) is 4.23. The summed E-state index contributed by atoms with van der Waals surface area (Å²) < 4.78 is 0. The van der Waals surface area contributed by atoms with Crippen LogP contribution in [0.5, 0.6) is 0 Å². The normalized spacial score (nSPS) is 22.6. The van der Waals surface area contributed by atoms with Gasteiger partial charge in [-0.2, -0.15) is 0 Å². The van der Waals surface area contributed by atoms with Gasteiger partial charge in [-0.05, 0) is 12.3 Å². The highest BCUT2D eigenvalue weighted by Gasteiger charge is 2.30. The summed E-state index contributed by atoms with van der Waals surface area (Å²) in [6.45, 7) is 4.54. The number of carbonyl (C=O) groups excluding carboxylic acids is 2. The van der Waals surface area contributed by atoms with E-state index in [1.54, 1.807) is 11.8 Å². The fourth-order valence-corrected chi connectivity index (χ4v) is 2.45. The van der Waals surface area contributed by atoms with Gasteiger partial charge in [0, 0.05) is 32.2 Å². The first-order valence-corrected chi connectivity index (χ1v) is 6.60. The van der Waals surface area contributed by atoms with Crippen LogP contribution in [-0.2, 0) is 9.59 Å². The Morgan fingerprint density at radius 1 is 1.69 bits per heavy atom. The Balaban J connectivity index is 2.35. The number of β-amino-alcohol motifs (C(OH)–C–C–N with tert-alkyl or cyclic N) is 1. The van der Waals surface area contributed by atoms with E-state index in [-0.39, 0.29) is 16.9 Å². The number of rotatable bonds is 5. The zero-order valence-electron chi connectivity index (χ0n) is 9.81. The van der Waals surface area contributed by atoms with Crippen molar-refractivity contribution in [3.05, 3.63) is 0 Å².